The van der Waals surface area contributed by atoms with Gasteiger partial charge in [0, 0.05) is 6.07 Å². The van der Waals surface area contributed by atoms with Gasteiger partial charge in [-0.15, -0.1) is 0 Å². The Labute approximate surface area is 119 Å². The molecule has 0 amide bonds. The second-order valence-electron chi connectivity index (χ2n) is 3.65. The maximum Gasteiger partial charge on any atom is 0.213 e. The summed E-state index contributed by atoms with van der Waals surface area (Å²) in [5.74, 6) is 0.213. The van der Waals surface area contributed by atoms with Crippen molar-refractivity contribution in [2.45, 2.75) is 6.54 Å². The maximum atomic E-state index is 13.6. The van der Waals surface area contributed by atoms with E-state index in [2.05, 4.69) is 19.6 Å². The Hall–Kier alpha value is -1.29. The summed E-state index contributed by atoms with van der Waals surface area (Å²) < 4.78 is 21.0. The fourth-order valence-corrected chi connectivity index (χ4v) is 2.45. The average molecular weight is 376 g/mol. The van der Waals surface area contributed by atoms with Crippen LogP contribution < -0.4 is 0 Å². The Morgan fingerprint density at radius 1 is 1.50 bits per heavy atom. The van der Waals surface area contributed by atoms with Gasteiger partial charge in [0.1, 0.15) is 5.82 Å². The number of imidazole rings is 1. The highest BCUT2D eigenvalue weighted by atomic mass is 127. The minimum absolute atomic E-state index is 0.279. The highest BCUT2D eigenvalue weighted by Gasteiger charge is 2.10. The molecule has 0 unspecified atom stereocenters. The molecule has 18 heavy (non-hydrogen) atoms. The normalized spacial score (nSPS) is 11.2. The molecule has 0 saturated carbocycles. The van der Waals surface area contributed by atoms with Gasteiger partial charge in [0.15, 0.2) is 10.6 Å². The van der Waals surface area contributed by atoms with Gasteiger partial charge in [0.2, 0.25) is 6.39 Å². The topological polar surface area (TPSA) is 59.6 Å². The van der Waals surface area contributed by atoms with Crippen molar-refractivity contribution in [2.75, 3.05) is 0 Å². The quantitative estimate of drug-likeness (QED) is 0.552. The number of nitrogens with zero attached hydrogens (tertiary/aromatic N) is 3. The van der Waals surface area contributed by atoms with E-state index in [0.717, 1.165) is 5.52 Å². The molecule has 0 spiro atoms. The molecule has 0 atom stereocenters. The zero-order chi connectivity index (χ0) is 12.7. The number of aromatic nitrogens is 4. The first-order valence-corrected chi connectivity index (χ1v) is 6.46. The molecule has 92 valence electrons. The lowest BCUT2D eigenvalue weighted by Crippen LogP contribution is -2.01. The molecule has 0 aliphatic rings. The second-order valence-corrected chi connectivity index (χ2v) is 5.20. The van der Waals surface area contributed by atoms with E-state index in [-0.39, 0.29) is 5.82 Å². The molecule has 5 nitrogen and oxygen atoms in total. The molecule has 1 N–H and O–H groups in total. The summed E-state index contributed by atoms with van der Waals surface area (Å²) in [6, 6.07) is 3.16. The van der Waals surface area contributed by atoms with Crippen molar-refractivity contribution in [1.82, 2.24) is 19.7 Å². The molecule has 0 aliphatic carbocycles. The van der Waals surface area contributed by atoms with Gasteiger partial charge in [-0.3, -0.25) is 0 Å². The summed E-state index contributed by atoms with van der Waals surface area (Å²) in [7, 11) is 0. The van der Waals surface area contributed by atoms with Gasteiger partial charge >= 0.3 is 0 Å². The minimum atomic E-state index is -0.279. The van der Waals surface area contributed by atoms with Crippen LogP contribution in [-0.4, -0.2) is 19.7 Å². The third-order valence-corrected chi connectivity index (χ3v) is 3.67. The first kappa shape index (κ1) is 11.8. The standard InChI is InChI=1S/C10H6FIN4OS/c11-5-1-8-7(2-6(5)12)14-10(18)16(8)3-9-13-4-17-15-9/h1-2,4H,3H2,(H,14,18). The lowest BCUT2D eigenvalue weighted by Gasteiger charge is -2.01. The van der Waals surface area contributed by atoms with Gasteiger partial charge in [0.25, 0.3) is 0 Å². The van der Waals surface area contributed by atoms with Gasteiger partial charge in [-0.2, -0.15) is 4.98 Å². The number of aromatic amines is 1. The fourth-order valence-electron chi connectivity index (χ4n) is 1.71. The molecule has 8 heteroatoms. The zero-order valence-electron chi connectivity index (χ0n) is 8.85. The number of halogens is 2. The average Bonchev–Trinajstić information content (AvgIpc) is 2.92. The highest BCUT2D eigenvalue weighted by Crippen LogP contribution is 2.21. The molecule has 0 saturated heterocycles. The van der Waals surface area contributed by atoms with E-state index in [1.54, 1.807) is 10.6 Å². The van der Waals surface area contributed by atoms with Crippen LogP contribution in [0.3, 0.4) is 0 Å². The molecular formula is C10H6FIN4OS. The lowest BCUT2D eigenvalue weighted by molar-refractivity contribution is 0.408. The van der Waals surface area contributed by atoms with Gasteiger partial charge < -0.3 is 14.1 Å². The molecule has 0 radical (unpaired) electrons. The van der Waals surface area contributed by atoms with Crippen LogP contribution in [0.5, 0.6) is 0 Å². The van der Waals surface area contributed by atoms with Gasteiger partial charge in [-0.05, 0) is 40.9 Å². The maximum absolute atomic E-state index is 13.6. The van der Waals surface area contributed by atoms with Crippen LogP contribution in [0.2, 0.25) is 0 Å². The first-order valence-electron chi connectivity index (χ1n) is 4.98. The van der Waals surface area contributed by atoms with Crippen LogP contribution in [-0.2, 0) is 6.54 Å². The summed E-state index contributed by atoms with van der Waals surface area (Å²) in [6.45, 7) is 0.343. The smallest absolute Gasteiger partial charge is 0.213 e. The van der Waals surface area contributed by atoms with E-state index < -0.39 is 0 Å². The number of hydrogen-bond acceptors (Lipinski definition) is 4. The zero-order valence-corrected chi connectivity index (χ0v) is 11.8. The van der Waals surface area contributed by atoms with Gasteiger partial charge in [-0.1, -0.05) is 5.16 Å². The Balaban J connectivity index is 2.19. The van der Waals surface area contributed by atoms with E-state index in [4.69, 9.17) is 12.2 Å². The van der Waals surface area contributed by atoms with Gasteiger partial charge in [0.05, 0.1) is 21.1 Å². The predicted molar refractivity (Wildman–Crippen MR) is 73.2 cm³/mol. The van der Waals surface area contributed by atoms with Crippen LogP contribution in [0.25, 0.3) is 11.0 Å². The minimum Gasteiger partial charge on any atom is -0.343 e. The van der Waals surface area contributed by atoms with Gasteiger partial charge in [-0.25, -0.2) is 4.39 Å². The molecule has 3 aromatic rings. The third kappa shape index (κ3) is 1.94. The lowest BCUT2D eigenvalue weighted by atomic mass is 10.3. The van der Waals surface area contributed by atoms with Crippen LogP contribution in [0, 0.1) is 14.2 Å². The highest BCUT2D eigenvalue weighted by molar-refractivity contribution is 14.1. The van der Waals surface area contributed by atoms with Crippen LogP contribution in [0.4, 0.5) is 4.39 Å². The number of nitrogens with one attached hydrogen (secondary N) is 1. The molecule has 1 aromatic carbocycles. The Kier molecular flexibility index (Phi) is 2.90. The van der Waals surface area contributed by atoms with E-state index in [9.17, 15) is 4.39 Å². The number of fused-ring (bicyclic) bond motifs is 1. The molecule has 0 fully saturated rings. The number of H-pyrrole nitrogens is 1. The predicted octanol–water partition coefficient (Wildman–Crippen LogP) is 2.87. The van der Waals surface area contributed by atoms with Crippen LogP contribution >= 0.6 is 34.8 Å². The first-order chi connectivity index (χ1) is 8.65. The largest absolute Gasteiger partial charge is 0.343 e. The number of rotatable bonds is 2. The van der Waals surface area contributed by atoms with Crippen molar-refractivity contribution in [3.05, 3.63) is 38.5 Å². The molecule has 2 aromatic heterocycles. The van der Waals surface area contributed by atoms with Crippen molar-refractivity contribution >= 4 is 45.8 Å². The Morgan fingerprint density at radius 2 is 2.33 bits per heavy atom. The van der Waals surface area contributed by atoms with E-state index >= 15 is 0 Å². The summed E-state index contributed by atoms with van der Waals surface area (Å²) >= 11 is 7.15. The van der Waals surface area contributed by atoms with Crippen molar-refractivity contribution in [2.24, 2.45) is 0 Å². The Morgan fingerprint density at radius 3 is 3.06 bits per heavy atom. The van der Waals surface area contributed by atoms with Crippen molar-refractivity contribution < 1.29 is 8.91 Å². The Bertz CT molecular complexity index is 764. The molecule has 2 heterocycles. The molecule has 0 bridgehead atoms. The van der Waals surface area contributed by atoms with E-state index in [0.29, 0.717) is 26.2 Å². The van der Waals surface area contributed by atoms with Crippen molar-refractivity contribution in [3.63, 3.8) is 0 Å². The molecule has 3 rings (SSSR count). The SMILES string of the molecule is Fc1cc2c(cc1I)[nH]c(=S)n2Cc1ncon1. The molecular weight excluding hydrogens is 370 g/mol. The van der Waals surface area contributed by atoms with Crippen LogP contribution in [0.15, 0.2) is 23.0 Å². The van der Waals surface area contributed by atoms with Crippen molar-refractivity contribution in [1.29, 1.82) is 0 Å². The summed E-state index contributed by atoms with van der Waals surface area (Å²) in [5, 5.41) is 3.72. The third-order valence-electron chi connectivity index (χ3n) is 2.52. The monoisotopic (exact) mass is 376 g/mol. The summed E-state index contributed by atoms with van der Waals surface area (Å²) in [6.07, 6.45) is 1.25. The van der Waals surface area contributed by atoms with E-state index in [1.165, 1.54) is 12.5 Å². The number of hydrogen-bond donors (Lipinski definition) is 1. The molecule has 0 aliphatic heterocycles. The fraction of sp³-hybridized carbons (Fsp3) is 0.100. The second kappa shape index (κ2) is 4.43. The summed E-state index contributed by atoms with van der Waals surface area (Å²) in [4.78, 5) is 6.95. The van der Waals surface area contributed by atoms with Crippen molar-refractivity contribution in [3.8, 4) is 0 Å². The van der Waals surface area contributed by atoms with Crippen LogP contribution in [0.1, 0.15) is 5.82 Å². The van der Waals surface area contributed by atoms with E-state index in [1.807, 2.05) is 22.6 Å². The number of benzene rings is 1. The summed E-state index contributed by atoms with van der Waals surface area (Å²) in [5.41, 5.74) is 1.47.